The first-order chi connectivity index (χ1) is 8.49. The normalized spacial score (nSPS) is 10.4. The number of hydrogen-bond donors (Lipinski definition) is 1. The number of hydrogen-bond acceptors (Lipinski definition) is 3. The maximum Gasteiger partial charge on any atom is 0.278 e. The molecule has 0 saturated heterocycles. The van der Waals surface area contributed by atoms with E-state index in [4.69, 9.17) is 5.73 Å². The highest BCUT2D eigenvalue weighted by Gasteiger charge is 2.17. The fourth-order valence-corrected chi connectivity index (χ4v) is 2.02. The zero-order valence-corrected chi connectivity index (χ0v) is 11.7. The summed E-state index contributed by atoms with van der Waals surface area (Å²) in [5.74, 6) is -0.190. The molecule has 0 spiro atoms. The predicted molar refractivity (Wildman–Crippen MR) is 74.5 cm³/mol. The van der Waals surface area contributed by atoms with Gasteiger partial charge in [0.15, 0.2) is 5.69 Å². The first-order valence-corrected chi connectivity index (χ1v) is 6.11. The van der Waals surface area contributed by atoms with Crippen LogP contribution >= 0.6 is 15.9 Å². The molecule has 0 aliphatic rings. The van der Waals surface area contributed by atoms with Gasteiger partial charge in [0, 0.05) is 24.8 Å². The van der Waals surface area contributed by atoms with Crippen molar-refractivity contribution in [3.63, 3.8) is 0 Å². The van der Waals surface area contributed by atoms with Crippen LogP contribution in [-0.2, 0) is 7.05 Å². The highest BCUT2D eigenvalue weighted by atomic mass is 79.9. The Labute approximate surface area is 113 Å². The van der Waals surface area contributed by atoms with Gasteiger partial charge in [-0.3, -0.25) is 9.48 Å². The van der Waals surface area contributed by atoms with E-state index in [1.54, 1.807) is 43.2 Å². The number of rotatable bonds is 2. The molecule has 6 heteroatoms. The average molecular weight is 309 g/mol. The fraction of sp³-hybridized carbons (Fsp3) is 0.167. The third-order valence-corrected chi connectivity index (χ3v) is 3.08. The van der Waals surface area contributed by atoms with Gasteiger partial charge < -0.3 is 10.6 Å². The zero-order valence-electron chi connectivity index (χ0n) is 10.1. The van der Waals surface area contributed by atoms with Crippen LogP contribution in [0.2, 0.25) is 0 Å². The van der Waals surface area contributed by atoms with Crippen molar-refractivity contribution in [1.29, 1.82) is 0 Å². The molecule has 5 nitrogen and oxygen atoms in total. The Morgan fingerprint density at radius 2 is 2.17 bits per heavy atom. The Kier molecular flexibility index (Phi) is 3.38. The van der Waals surface area contributed by atoms with Gasteiger partial charge in [0.05, 0.1) is 11.4 Å². The van der Waals surface area contributed by atoms with Crippen LogP contribution < -0.4 is 10.6 Å². The lowest BCUT2D eigenvalue weighted by Gasteiger charge is -2.18. The van der Waals surface area contributed by atoms with Gasteiger partial charge in [0.25, 0.3) is 5.91 Å². The third kappa shape index (κ3) is 2.38. The first-order valence-electron chi connectivity index (χ1n) is 5.32. The van der Waals surface area contributed by atoms with Crippen LogP contribution in [0.5, 0.6) is 0 Å². The van der Waals surface area contributed by atoms with Gasteiger partial charge in [-0.1, -0.05) is 15.9 Å². The van der Waals surface area contributed by atoms with Crippen molar-refractivity contribution >= 4 is 33.2 Å². The van der Waals surface area contributed by atoms with E-state index in [0.29, 0.717) is 17.1 Å². The number of aryl methyl sites for hydroxylation is 1. The molecule has 0 aliphatic heterocycles. The molecule has 0 fully saturated rings. The standard InChI is InChI=1S/C12H13BrN4O/c1-16-6-5-10(15-16)12(18)17(2)11-4-3-8(13)7-9(11)14/h3-7H,14H2,1-2H3. The van der Waals surface area contributed by atoms with Crippen molar-refractivity contribution in [1.82, 2.24) is 9.78 Å². The van der Waals surface area contributed by atoms with Crippen LogP contribution in [0.4, 0.5) is 11.4 Å². The highest BCUT2D eigenvalue weighted by molar-refractivity contribution is 9.10. The quantitative estimate of drug-likeness (QED) is 0.864. The van der Waals surface area contributed by atoms with Crippen LogP contribution in [0.15, 0.2) is 34.9 Å². The molecule has 18 heavy (non-hydrogen) atoms. The molecular formula is C12H13BrN4O. The van der Waals surface area contributed by atoms with Crippen molar-refractivity contribution in [3.8, 4) is 0 Å². The van der Waals surface area contributed by atoms with E-state index < -0.39 is 0 Å². The van der Waals surface area contributed by atoms with Crippen molar-refractivity contribution < 1.29 is 4.79 Å². The summed E-state index contributed by atoms with van der Waals surface area (Å²) in [6.45, 7) is 0. The monoisotopic (exact) mass is 308 g/mol. The largest absolute Gasteiger partial charge is 0.397 e. The predicted octanol–water partition coefficient (Wildman–Crippen LogP) is 2.04. The number of nitrogens with two attached hydrogens (primary N) is 1. The number of halogens is 1. The molecule has 1 amide bonds. The summed E-state index contributed by atoms with van der Waals surface area (Å²) in [7, 11) is 3.45. The molecule has 0 unspecified atom stereocenters. The minimum Gasteiger partial charge on any atom is -0.397 e. The molecule has 1 aromatic carbocycles. The Morgan fingerprint density at radius 3 is 2.72 bits per heavy atom. The summed E-state index contributed by atoms with van der Waals surface area (Å²) in [6, 6.07) is 7.07. The van der Waals surface area contributed by atoms with Gasteiger partial charge in [0.1, 0.15) is 0 Å². The fourth-order valence-electron chi connectivity index (χ4n) is 1.64. The van der Waals surface area contributed by atoms with Gasteiger partial charge >= 0.3 is 0 Å². The summed E-state index contributed by atoms with van der Waals surface area (Å²) >= 11 is 3.33. The number of anilines is 2. The number of nitrogen functional groups attached to an aromatic ring is 1. The third-order valence-electron chi connectivity index (χ3n) is 2.59. The van der Waals surface area contributed by atoms with Gasteiger partial charge in [-0.15, -0.1) is 0 Å². The second-order valence-electron chi connectivity index (χ2n) is 3.94. The molecule has 2 aromatic rings. The van der Waals surface area contributed by atoms with Gasteiger partial charge in [-0.25, -0.2) is 0 Å². The van der Waals surface area contributed by atoms with Crippen LogP contribution in [-0.4, -0.2) is 22.7 Å². The smallest absolute Gasteiger partial charge is 0.278 e. The molecule has 0 radical (unpaired) electrons. The molecule has 0 aliphatic carbocycles. The highest BCUT2D eigenvalue weighted by Crippen LogP contribution is 2.26. The summed E-state index contributed by atoms with van der Waals surface area (Å²) in [5.41, 5.74) is 7.48. The molecule has 0 atom stereocenters. The lowest BCUT2D eigenvalue weighted by Crippen LogP contribution is -2.27. The van der Waals surface area contributed by atoms with Gasteiger partial charge in [0.2, 0.25) is 0 Å². The first kappa shape index (κ1) is 12.6. The molecule has 94 valence electrons. The van der Waals surface area contributed by atoms with Gasteiger partial charge in [-0.05, 0) is 24.3 Å². The Morgan fingerprint density at radius 1 is 1.44 bits per heavy atom. The van der Waals surface area contributed by atoms with E-state index in [-0.39, 0.29) is 5.91 Å². The summed E-state index contributed by atoms with van der Waals surface area (Å²) in [6.07, 6.45) is 1.73. The van der Waals surface area contributed by atoms with E-state index in [2.05, 4.69) is 21.0 Å². The maximum atomic E-state index is 12.2. The number of nitrogens with zero attached hydrogens (tertiary/aromatic N) is 3. The number of carbonyl (C=O) groups excluding carboxylic acids is 1. The maximum absolute atomic E-state index is 12.2. The van der Waals surface area contributed by atoms with Gasteiger partial charge in [-0.2, -0.15) is 5.10 Å². The number of carbonyl (C=O) groups is 1. The van der Waals surface area contributed by atoms with E-state index in [9.17, 15) is 4.79 Å². The molecular weight excluding hydrogens is 296 g/mol. The SMILES string of the molecule is CN(C(=O)c1ccn(C)n1)c1ccc(Br)cc1N. The molecule has 2 N–H and O–H groups in total. The minimum atomic E-state index is -0.190. The van der Waals surface area contributed by atoms with Crippen molar-refractivity contribution in [2.75, 3.05) is 17.7 Å². The lowest BCUT2D eigenvalue weighted by atomic mass is 10.2. The molecule has 1 heterocycles. The second-order valence-corrected chi connectivity index (χ2v) is 4.86. The van der Waals surface area contributed by atoms with Crippen LogP contribution in [0.1, 0.15) is 10.5 Å². The Balaban J connectivity index is 2.31. The Bertz CT molecular complexity index is 594. The topological polar surface area (TPSA) is 64.2 Å². The molecule has 0 bridgehead atoms. The van der Waals surface area contributed by atoms with E-state index >= 15 is 0 Å². The van der Waals surface area contributed by atoms with E-state index in [1.165, 1.54) is 4.90 Å². The van der Waals surface area contributed by atoms with Crippen LogP contribution in [0.25, 0.3) is 0 Å². The Hall–Kier alpha value is -1.82. The molecule has 1 aromatic heterocycles. The molecule has 2 rings (SSSR count). The number of aromatic nitrogens is 2. The van der Waals surface area contributed by atoms with Crippen molar-refractivity contribution in [2.24, 2.45) is 7.05 Å². The minimum absolute atomic E-state index is 0.190. The summed E-state index contributed by atoms with van der Waals surface area (Å²) in [4.78, 5) is 13.7. The molecule has 0 saturated carbocycles. The van der Waals surface area contributed by atoms with E-state index in [0.717, 1.165) is 4.47 Å². The number of benzene rings is 1. The van der Waals surface area contributed by atoms with Crippen molar-refractivity contribution in [2.45, 2.75) is 0 Å². The zero-order chi connectivity index (χ0) is 13.3. The van der Waals surface area contributed by atoms with Crippen LogP contribution in [0.3, 0.4) is 0 Å². The lowest BCUT2D eigenvalue weighted by molar-refractivity contribution is 0.0987. The second kappa shape index (κ2) is 4.81. The van der Waals surface area contributed by atoms with E-state index in [1.807, 2.05) is 6.07 Å². The summed E-state index contributed by atoms with van der Waals surface area (Å²) in [5, 5.41) is 4.08. The van der Waals surface area contributed by atoms with Crippen molar-refractivity contribution in [3.05, 3.63) is 40.6 Å². The average Bonchev–Trinajstić information content (AvgIpc) is 2.74. The summed E-state index contributed by atoms with van der Waals surface area (Å²) < 4.78 is 2.47. The van der Waals surface area contributed by atoms with Crippen LogP contribution in [0, 0.1) is 0 Å². The number of amides is 1.